The molecule has 2 aliphatic heterocycles. The molecule has 2 fully saturated rings. The standard InChI is InChI=1S/C21H30N2O5S.ClH/c1-20(2,3)28-18(24)15(22)17-23-16(21(29-17)9-11-26-12-10-21)19(25)27-13-14-7-5-4-6-8-14;/h4-8,15-17,23H,9-13,22H2,1-3H3;1H. The predicted octanol–water partition coefficient (Wildman–Crippen LogP) is 2.40. The number of benzene rings is 1. The molecule has 3 unspecified atom stereocenters. The average molecular weight is 459 g/mol. The van der Waals surface area contributed by atoms with Gasteiger partial charge in [0, 0.05) is 18.0 Å². The molecule has 0 bridgehead atoms. The third kappa shape index (κ3) is 6.11. The monoisotopic (exact) mass is 458 g/mol. The summed E-state index contributed by atoms with van der Waals surface area (Å²) in [6.45, 7) is 6.73. The third-order valence-corrected chi connectivity index (χ3v) is 6.82. The van der Waals surface area contributed by atoms with Gasteiger partial charge in [-0.15, -0.1) is 24.2 Å². The van der Waals surface area contributed by atoms with Crippen LogP contribution in [-0.4, -0.2) is 53.0 Å². The number of carbonyl (C=O) groups is 2. The molecule has 9 heteroatoms. The zero-order valence-corrected chi connectivity index (χ0v) is 19.2. The first-order chi connectivity index (χ1) is 13.7. The average Bonchev–Trinajstić information content (AvgIpc) is 3.04. The number of hydrogen-bond acceptors (Lipinski definition) is 8. The lowest BCUT2D eigenvalue weighted by Gasteiger charge is -2.36. The van der Waals surface area contributed by atoms with E-state index in [-0.39, 0.29) is 25.0 Å². The summed E-state index contributed by atoms with van der Waals surface area (Å²) < 4.78 is 16.1. The van der Waals surface area contributed by atoms with Crippen molar-refractivity contribution >= 4 is 36.1 Å². The van der Waals surface area contributed by atoms with Gasteiger partial charge in [-0.2, -0.15) is 0 Å². The quantitative estimate of drug-likeness (QED) is 0.649. The van der Waals surface area contributed by atoms with Crippen molar-refractivity contribution < 1.29 is 23.8 Å². The van der Waals surface area contributed by atoms with Crippen LogP contribution < -0.4 is 11.1 Å². The molecule has 3 atom stereocenters. The molecule has 1 aromatic rings. The number of halogens is 1. The van der Waals surface area contributed by atoms with Crippen molar-refractivity contribution in [2.75, 3.05) is 13.2 Å². The molecule has 3 N–H and O–H groups in total. The van der Waals surface area contributed by atoms with Gasteiger partial charge in [-0.3, -0.25) is 14.9 Å². The van der Waals surface area contributed by atoms with Crippen LogP contribution in [0.15, 0.2) is 30.3 Å². The van der Waals surface area contributed by atoms with Crippen LogP contribution in [0, 0.1) is 0 Å². The van der Waals surface area contributed by atoms with E-state index < -0.39 is 33.8 Å². The van der Waals surface area contributed by atoms with Crippen molar-refractivity contribution in [1.82, 2.24) is 5.32 Å². The van der Waals surface area contributed by atoms with Gasteiger partial charge >= 0.3 is 11.9 Å². The summed E-state index contributed by atoms with van der Waals surface area (Å²) in [4.78, 5) is 25.4. The van der Waals surface area contributed by atoms with Crippen LogP contribution in [0.3, 0.4) is 0 Å². The first-order valence-electron chi connectivity index (χ1n) is 9.91. The molecule has 0 radical (unpaired) electrons. The summed E-state index contributed by atoms with van der Waals surface area (Å²) in [6, 6.07) is 8.11. The fourth-order valence-corrected chi connectivity index (χ4v) is 5.23. The second-order valence-corrected chi connectivity index (χ2v) is 10.0. The van der Waals surface area contributed by atoms with E-state index in [2.05, 4.69) is 5.32 Å². The molecule has 0 aromatic heterocycles. The van der Waals surface area contributed by atoms with Crippen LogP contribution in [-0.2, 0) is 30.4 Å². The van der Waals surface area contributed by atoms with Crippen molar-refractivity contribution in [3.05, 3.63) is 35.9 Å². The SMILES string of the molecule is CC(C)(C)OC(=O)C(N)C1NC(C(=O)OCc2ccccc2)C2(CCOCC2)S1.Cl. The van der Waals surface area contributed by atoms with Gasteiger partial charge < -0.3 is 19.9 Å². The molecule has 168 valence electrons. The Labute approximate surface area is 188 Å². The van der Waals surface area contributed by atoms with E-state index >= 15 is 0 Å². The van der Waals surface area contributed by atoms with Crippen LogP contribution in [0.4, 0.5) is 0 Å². The summed E-state index contributed by atoms with van der Waals surface area (Å²) in [5.74, 6) is -0.815. The van der Waals surface area contributed by atoms with E-state index in [1.54, 1.807) is 20.8 Å². The summed E-state index contributed by atoms with van der Waals surface area (Å²) in [6.07, 6.45) is 1.38. The molecule has 0 saturated carbocycles. The molecule has 0 amide bonds. The minimum Gasteiger partial charge on any atom is -0.460 e. The summed E-state index contributed by atoms with van der Waals surface area (Å²) >= 11 is 1.54. The molecular weight excluding hydrogens is 428 g/mol. The topological polar surface area (TPSA) is 99.9 Å². The highest BCUT2D eigenvalue weighted by Gasteiger charge is 2.55. The Kier molecular flexibility index (Phi) is 8.59. The van der Waals surface area contributed by atoms with Crippen molar-refractivity contribution in [3.8, 4) is 0 Å². The van der Waals surface area contributed by atoms with Crippen molar-refractivity contribution in [2.45, 2.75) is 68.0 Å². The normalized spacial score (nSPS) is 24.0. The first kappa shape index (κ1) is 24.9. The van der Waals surface area contributed by atoms with Crippen LogP contribution in [0.5, 0.6) is 0 Å². The molecule has 30 heavy (non-hydrogen) atoms. The van der Waals surface area contributed by atoms with E-state index in [4.69, 9.17) is 19.9 Å². The van der Waals surface area contributed by atoms with E-state index in [1.165, 1.54) is 11.8 Å². The second-order valence-electron chi connectivity index (χ2n) is 8.47. The van der Waals surface area contributed by atoms with Gasteiger partial charge in [0.2, 0.25) is 0 Å². The Morgan fingerprint density at radius 2 is 1.90 bits per heavy atom. The van der Waals surface area contributed by atoms with Crippen LogP contribution in [0.25, 0.3) is 0 Å². The second kappa shape index (κ2) is 10.3. The number of ether oxygens (including phenoxy) is 3. The highest BCUT2D eigenvalue weighted by atomic mass is 35.5. The van der Waals surface area contributed by atoms with Crippen LogP contribution in [0.1, 0.15) is 39.2 Å². The maximum Gasteiger partial charge on any atom is 0.325 e. The van der Waals surface area contributed by atoms with Gasteiger partial charge in [-0.25, -0.2) is 0 Å². The van der Waals surface area contributed by atoms with Gasteiger partial charge in [0.05, 0.1) is 5.37 Å². The van der Waals surface area contributed by atoms with Crippen molar-refractivity contribution in [1.29, 1.82) is 0 Å². The lowest BCUT2D eigenvalue weighted by Crippen LogP contribution is -2.54. The maximum atomic E-state index is 13.0. The molecule has 7 nitrogen and oxygen atoms in total. The lowest BCUT2D eigenvalue weighted by molar-refractivity contribution is -0.157. The summed E-state index contributed by atoms with van der Waals surface area (Å²) in [5.41, 5.74) is 6.51. The molecule has 3 rings (SSSR count). The van der Waals surface area contributed by atoms with Gasteiger partial charge in [-0.1, -0.05) is 30.3 Å². The number of carbonyl (C=O) groups excluding carboxylic acids is 2. The number of thioether (sulfide) groups is 1. The zero-order chi connectivity index (χ0) is 21.1. The Bertz CT molecular complexity index is 722. The maximum absolute atomic E-state index is 13.0. The molecule has 1 aromatic carbocycles. The number of esters is 2. The van der Waals surface area contributed by atoms with E-state index in [0.717, 1.165) is 5.56 Å². The lowest BCUT2D eigenvalue weighted by atomic mass is 9.90. The Morgan fingerprint density at radius 3 is 2.50 bits per heavy atom. The van der Waals surface area contributed by atoms with E-state index in [9.17, 15) is 9.59 Å². The highest BCUT2D eigenvalue weighted by molar-refractivity contribution is 8.01. The zero-order valence-electron chi connectivity index (χ0n) is 17.6. The van der Waals surface area contributed by atoms with E-state index in [0.29, 0.717) is 26.1 Å². The number of rotatable bonds is 5. The Hall–Kier alpha value is -1.32. The molecule has 2 heterocycles. The molecular formula is C21H31ClN2O5S. The predicted molar refractivity (Wildman–Crippen MR) is 118 cm³/mol. The molecule has 2 aliphatic rings. The molecule has 1 spiro atoms. The highest BCUT2D eigenvalue weighted by Crippen LogP contribution is 2.46. The third-order valence-electron chi connectivity index (χ3n) is 5.02. The summed E-state index contributed by atoms with van der Waals surface area (Å²) in [5, 5.41) is 2.83. The summed E-state index contributed by atoms with van der Waals surface area (Å²) in [7, 11) is 0. The van der Waals surface area contributed by atoms with E-state index in [1.807, 2.05) is 30.3 Å². The smallest absolute Gasteiger partial charge is 0.325 e. The molecule has 2 saturated heterocycles. The number of nitrogens with two attached hydrogens (primary N) is 1. The van der Waals surface area contributed by atoms with Crippen molar-refractivity contribution in [3.63, 3.8) is 0 Å². The number of hydrogen-bond donors (Lipinski definition) is 2. The molecule has 0 aliphatic carbocycles. The fourth-order valence-electron chi connectivity index (χ4n) is 3.56. The van der Waals surface area contributed by atoms with Crippen molar-refractivity contribution in [2.24, 2.45) is 5.73 Å². The number of nitrogens with one attached hydrogen (secondary N) is 1. The van der Waals surface area contributed by atoms with Crippen LogP contribution in [0.2, 0.25) is 0 Å². The largest absolute Gasteiger partial charge is 0.460 e. The van der Waals surface area contributed by atoms with Gasteiger partial charge in [-0.05, 0) is 39.2 Å². The Balaban J connectivity index is 0.00000320. The van der Waals surface area contributed by atoms with Gasteiger partial charge in [0.1, 0.15) is 24.3 Å². The first-order valence-corrected chi connectivity index (χ1v) is 10.8. The van der Waals surface area contributed by atoms with Gasteiger partial charge in [0.15, 0.2) is 0 Å². The minimum atomic E-state index is -0.883. The Morgan fingerprint density at radius 1 is 1.27 bits per heavy atom. The fraction of sp³-hybridized carbons (Fsp3) is 0.619. The van der Waals surface area contributed by atoms with Crippen LogP contribution >= 0.6 is 24.2 Å². The van der Waals surface area contributed by atoms with Gasteiger partial charge in [0.25, 0.3) is 0 Å². The minimum absolute atomic E-state index is 0.